The molecule has 8 heteroatoms. The molecule has 0 saturated carbocycles. The van der Waals surface area contributed by atoms with E-state index in [1.807, 2.05) is 24.4 Å². The van der Waals surface area contributed by atoms with E-state index in [9.17, 15) is 26.7 Å². The molecule has 0 heterocycles. The summed E-state index contributed by atoms with van der Waals surface area (Å²) in [5.41, 5.74) is 0.650. The summed E-state index contributed by atoms with van der Waals surface area (Å²) in [6.45, 7) is 1.89. The van der Waals surface area contributed by atoms with E-state index in [4.69, 9.17) is 4.74 Å². The number of aryl methyl sites for hydroxylation is 1. The minimum atomic E-state index is -2.30. The highest BCUT2D eigenvalue weighted by Crippen LogP contribution is 2.35. The van der Waals surface area contributed by atoms with Gasteiger partial charge in [-0.1, -0.05) is 66.2 Å². The van der Waals surface area contributed by atoms with Crippen molar-refractivity contribution in [1.29, 1.82) is 0 Å². The maximum Gasteiger partial charge on any atom is 0.232 e. The summed E-state index contributed by atoms with van der Waals surface area (Å²) >= 11 is 0. The highest BCUT2D eigenvalue weighted by molar-refractivity contribution is 5.96. The number of para-hydroxylation sites is 2. The van der Waals surface area contributed by atoms with E-state index >= 15 is 0 Å². The number of hydrogen-bond donors (Lipinski definition) is 1. The van der Waals surface area contributed by atoms with Crippen LogP contribution in [0.4, 0.5) is 27.6 Å². The summed E-state index contributed by atoms with van der Waals surface area (Å²) in [6.07, 6.45) is 0.0661. The van der Waals surface area contributed by atoms with Crippen LogP contribution in [0.25, 0.3) is 0 Å². The molecule has 1 N–H and O–H groups in total. The first kappa shape index (κ1) is 24.9. The molecule has 0 aliphatic rings. The molecule has 0 spiro atoms. The Kier molecular flexibility index (Phi) is 7.33. The Balaban J connectivity index is 1.75. The zero-order chi connectivity index (χ0) is 25.8. The number of carbonyl (C=O) groups is 1. The van der Waals surface area contributed by atoms with Gasteiger partial charge >= 0.3 is 0 Å². The third-order valence-electron chi connectivity index (χ3n) is 5.60. The minimum absolute atomic E-state index is 0.0661. The fourth-order valence-electron chi connectivity index (χ4n) is 3.71. The SMILES string of the molecule is Cc1ccc(CC(C(=O)Nc2c(F)c(F)c(F)c(F)c2F)c2ccccc2Oc2ccccc2)cc1. The summed E-state index contributed by atoms with van der Waals surface area (Å²) in [6, 6.07) is 22.6. The van der Waals surface area contributed by atoms with Crippen molar-refractivity contribution in [3.05, 3.63) is 125 Å². The highest BCUT2D eigenvalue weighted by Gasteiger charge is 2.30. The number of halogens is 5. The number of ether oxygens (including phenoxy) is 1. The first-order chi connectivity index (χ1) is 17.3. The van der Waals surface area contributed by atoms with Crippen molar-refractivity contribution in [3.8, 4) is 11.5 Å². The Morgan fingerprint density at radius 2 is 1.31 bits per heavy atom. The van der Waals surface area contributed by atoms with Crippen LogP contribution in [0, 0.1) is 36.0 Å². The summed E-state index contributed by atoms with van der Waals surface area (Å²) < 4.78 is 75.5. The monoisotopic (exact) mass is 497 g/mol. The summed E-state index contributed by atoms with van der Waals surface area (Å²) in [7, 11) is 0. The van der Waals surface area contributed by atoms with Crippen LogP contribution in [0.15, 0.2) is 78.9 Å². The zero-order valence-electron chi connectivity index (χ0n) is 19.0. The molecule has 0 bridgehead atoms. The molecule has 1 amide bonds. The van der Waals surface area contributed by atoms with Crippen molar-refractivity contribution in [2.75, 3.05) is 5.32 Å². The second-order valence-corrected chi connectivity index (χ2v) is 8.13. The maximum atomic E-state index is 14.3. The molecule has 3 nitrogen and oxygen atoms in total. The van der Waals surface area contributed by atoms with Crippen molar-refractivity contribution >= 4 is 11.6 Å². The van der Waals surface area contributed by atoms with E-state index in [1.165, 1.54) is 0 Å². The number of nitrogens with one attached hydrogen (secondary N) is 1. The van der Waals surface area contributed by atoms with Gasteiger partial charge in [-0.05, 0) is 37.1 Å². The fourth-order valence-corrected chi connectivity index (χ4v) is 3.71. The minimum Gasteiger partial charge on any atom is -0.457 e. The molecule has 4 aromatic rings. The van der Waals surface area contributed by atoms with Gasteiger partial charge in [0.1, 0.15) is 17.2 Å². The quantitative estimate of drug-likeness (QED) is 0.164. The van der Waals surface area contributed by atoms with Crippen LogP contribution in [0.1, 0.15) is 22.6 Å². The predicted octanol–water partition coefficient (Wildman–Crippen LogP) is 7.45. The van der Waals surface area contributed by atoms with Crippen LogP contribution in [0.5, 0.6) is 11.5 Å². The van der Waals surface area contributed by atoms with Crippen LogP contribution in [-0.4, -0.2) is 5.91 Å². The molecule has 0 saturated heterocycles. The van der Waals surface area contributed by atoms with Gasteiger partial charge in [-0.25, -0.2) is 22.0 Å². The van der Waals surface area contributed by atoms with Gasteiger partial charge in [0.15, 0.2) is 23.3 Å². The third kappa shape index (κ3) is 5.22. The number of benzene rings is 4. The van der Waals surface area contributed by atoms with Gasteiger partial charge < -0.3 is 10.1 Å². The number of amides is 1. The lowest BCUT2D eigenvalue weighted by atomic mass is 9.90. The molecule has 0 aliphatic heterocycles. The lowest BCUT2D eigenvalue weighted by molar-refractivity contribution is -0.117. The van der Waals surface area contributed by atoms with Gasteiger partial charge in [0.25, 0.3) is 0 Å². The molecular formula is C28H20F5NO2. The van der Waals surface area contributed by atoms with Crippen LogP contribution < -0.4 is 10.1 Å². The molecule has 4 aromatic carbocycles. The predicted molar refractivity (Wildman–Crippen MR) is 125 cm³/mol. The van der Waals surface area contributed by atoms with Crippen LogP contribution in [0.2, 0.25) is 0 Å². The van der Waals surface area contributed by atoms with E-state index < -0.39 is 46.6 Å². The Hall–Kier alpha value is -4.20. The van der Waals surface area contributed by atoms with E-state index in [0.29, 0.717) is 22.6 Å². The summed E-state index contributed by atoms with van der Waals surface area (Å²) in [5, 5.41) is 1.92. The maximum absolute atomic E-state index is 14.3. The average Bonchev–Trinajstić information content (AvgIpc) is 2.89. The Morgan fingerprint density at radius 1 is 0.750 bits per heavy atom. The second kappa shape index (κ2) is 10.6. The van der Waals surface area contributed by atoms with Crippen molar-refractivity contribution in [3.63, 3.8) is 0 Å². The molecule has 4 rings (SSSR count). The van der Waals surface area contributed by atoms with Crippen LogP contribution in [0.3, 0.4) is 0 Å². The fraction of sp³-hybridized carbons (Fsp3) is 0.107. The number of carbonyl (C=O) groups excluding carboxylic acids is 1. The largest absolute Gasteiger partial charge is 0.457 e. The van der Waals surface area contributed by atoms with Gasteiger partial charge in [0, 0.05) is 5.56 Å². The molecule has 0 aromatic heterocycles. The highest BCUT2D eigenvalue weighted by atomic mass is 19.2. The molecular weight excluding hydrogens is 477 g/mol. The second-order valence-electron chi connectivity index (χ2n) is 8.13. The van der Waals surface area contributed by atoms with Gasteiger partial charge in [-0.3, -0.25) is 4.79 Å². The van der Waals surface area contributed by atoms with Crippen molar-refractivity contribution in [1.82, 2.24) is 0 Å². The molecule has 36 heavy (non-hydrogen) atoms. The van der Waals surface area contributed by atoms with E-state index in [2.05, 4.69) is 0 Å². The molecule has 184 valence electrons. The van der Waals surface area contributed by atoms with Gasteiger partial charge in [-0.2, -0.15) is 0 Å². The lowest BCUT2D eigenvalue weighted by Gasteiger charge is -2.21. The first-order valence-corrected chi connectivity index (χ1v) is 11.0. The Bertz CT molecular complexity index is 1360. The summed E-state index contributed by atoms with van der Waals surface area (Å²) in [5.74, 6) is -12.1. The molecule has 0 fully saturated rings. The lowest BCUT2D eigenvalue weighted by Crippen LogP contribution is -2.25. The first-order valence-electron chi connectivity index (χ1n) is 11.0. The molecule has 0 radical (unpaired) electrons. The van der Waals surface area contributed by atoms with Crippen molar-refractivity contribution in [2.45, 2.75) is 19.3 Å². The smallest absolute Gasteiger partial charge is 0.232 e. The van der Waals surface area contributed by atoms with E-state index in [1.54, 1.807) is 66.7 Å². The number of hydrogen-bond acceptors (Lipinski definition) is 2. The third-order valence-corrected chi connectivity index (χ3v) is 5.60. The topological polar surface area (TPSA) is 38.3 Å². The van der Waals surface area contributed by atoms with Crippen LogP contribution >= 0.6 is 0 Å². The zero-order valence-corrected chi connectivity index (χ0v) is 19.0. The van der Waals surface area contributed by atoms with E-state index in [0.717, 1.165) is 5.56 Å². The molecule has 1 unspecified atom stereocenters. The molecule has 0 aliphatic carbocycles. The van der Waals surface area contributed by atoms with Gasteiger partial charge in [0.2, 0.25) is 11.7 Å². The van der Waals surface area contributed by atoms with Crippen molar-refractivity contribution in [2.24, 2.45) is 0 Å². The molecule has 1 atom stereocenters. The van der Waals surface area contributed by atoms with Gasteiger partial charge in [0.05, 0.1) is 5.92 Å². The normalized spacial score (nSPS) is 11.7. The van der Waals surface area contributed by atoms with Crippen molar-refractivity contribution < 1.29 is 31.5 Å². The Morgan fingerprint density at radius 3 is 1.94 bits per heavy atom. The van der Waals surface area contributed by atoms with Crippen LogP contribution in [-0.2, 0) is 11.2 Å². The number of rotatable bonds is 7. The van der Waals surface area contributed by atoms with Gasteiger partial charge in [-0.15, -0.1) is 0 Å². The standard InChI is InChI=1S/C28H20F5NO2/c1-16-11-13-17(14-12-16)15-20(19-9-5-6-10-21(19)36-18-7-3-2-4-8-18)28(35)34-27-25(32)23(30)22(29)24(31)26(27)33/h2-14,20H,15H2,1H3,(H,34,35). The van der Waals surface area contributed by atoms with E-state index in [-0.39, 0.29) is 6.42 Å². The summed E-state index contributed by atoms with van der Waals surface area (Å²) in [4.78, 5) is 13.4. The average molecular weight is 497 g/mol. The number of anilines is 1. The Labute approximate surface area is 204 Å².